The molecule has 1 atom stereocenters. The quantitative estimate of drug-likeness (QED) is 0.908. The number of hydrogen-bond donors (Lipinski definition) is 1. The maximum Gasteiger partial charge on any atom is 0.258 e. The van der Waals surface area contributed by atoms with Gasteiger partial charge in [0.1, 0.15) is 0 Å². The van der Waals surface area contributed by atoms with E-state index in [-0.39, 0.29) is 5.91 Å². The number of aromatic nitrogens is 1. The highest BCUT2D eigenvalue weighted by molar-refractivity contribution is 9.10. The fourth-order valence-electron chi connectivity index (χ4n) is 2.46. The van der Waals surface area contributed by atoms with Crippen LogP contribution in [0.15, 0.2) is 33.3 Å². The minimum absolute atomic E-state index is 0.172. The van der Waals surface area contributed by atoms with Crippen LogP contribution in [-0.4, -0.2) is 11.1 Å². The van der Waals surface area contributed by atoms with Crippen molar-refractivity contribution in [3.05, 3.63) is 45.6 Å². The molecule has 0 aliphatic heterocycles. The molecule has 1 aromatic heterocycles. The average molecular weight is 335 g/mol. The Morgan fingerprint density at radius 1 is 1.40 bits per heavy atom. The molecule has 0 fully saturated rings. The summed E-state index contributed by atoms with van der Waals surface area (Å²) in [4.78, 5) is 12.2. The third-order valence-electron chi connectivity index (χ3n) is 3.63. The van der Waals surface area contributed by atoms with E-state index < -0.39 is 0 Å². The number of nitrogens with one attached hydrogen (secondary N) is 1. The number of carbonyl (C=O) groups excluding carboxylic acids is 1. The summed E-state index contributed by atoms with van der Waals surface area (Å²) < 4.78 is 6.23. The van der Waals surface area contributed by atoms with Gasteiger partial charge in [-0.15, -0.1) is 0 Å². The van der Waals surface area contributed by atoms with E-state index >= 15 is 0 Å². The second kappa shape index (κ2) is 5.40. The predicted octanol–water partition coefficient (Wildman–Crippen LogP) is 3.81. The smallest absolute Gasteiger partial charge is 0.258 e. The van der Waals surface area contributed by atoms with Gasteiger partial charge in [-0.2, -0.15) is 0 Å². The van der Waals surface area contributed by atoms with Gasteiger partial charge in [0.25, 0.3) is 5.91 Å². The van der Waals surface area contributed by atoms with Crippen molar-refractivity contribution in [1.29, 1.82) is 0 Å². The third kappa shape index (κ3) is 2.63. The van der Waals surface area contributed by atoms with E-state index in [1.54, 1.807) is 12.1 Å². The van der Waals surface area contributed by atoms with Crippen molar-refractivity contribution in [1.82, 2.24) is 5.16 Å². The fourth-order valence-corrected chi connectivity index (χ4v) is 2.72. The van der Waals surface area contributed by atoms with E-state index in [0.717, 1.165) is 35.0 Å². The highest BCUT2D eigenvalue weighted by Crippen LogP contribution is 2.30. The van der Waals surface area contributed by atoms with Crippen molar-refractivity contribution < 1.29 is 9.32 Å². The molecule has 1 heterocycles. The zero-order chi connectivity index (χ0) is 14.1. The van der Waals surface area contributed by atoms with Crippen molar-refractivity contribution in [2.24, 2.45) is 5.92 Å². The van der Waals surface area contributed by atoms with Crippen LogP contribution in [0.3, 0.4) is 0 Å². The first-order valence-corrected chi connectivity index (χ1v) is 7.47. The lowest BCUT2D eigenvalue weighted by Gasteiger charge is -2.16. The van der Waals surface area contributed by atoms with Crippen molar-refractivity contribution in [3.8, 4) is 0 Å². The number of anilines is 1. The second-order valence-electron chi connectivity index (χ2n) is 5.25. The Labute approximate surface area is 125 Å². The van der Waals surface area contributed by atoms with Crippen molar-refractivity contribution >= 4 is 27.7 Å². The summed E-state index contributed by atoms with van der Waals surface area (Å²) in [6.07, 6.45) is 2.96. The Morgan fingerprint density at radius 2 is 2.15 bits per heavy atom. The molecule has 0 radical (unpaired) electrons. The number of carbonyl (C=O) groups is 1. The predicted molar refractivity (Wildman–Crippen MR) is 79.8 cm³/mol. The summed E-state index contributed by atoms with van der Waals surface area (Å²) in [6, 6.07) is 7.22. The molecule has 20 heavy (non-hydrogen) atoms. The van der Waals surface area contributed by atoms with E-state index in [4.69, 9.17) is 4.52 Å². The molecule has 0 unspecified atom stereocenters. The Balaban J connectivity index is 1.80. The lowest BCUT2D eigenvalue weighted by atomic mass is 9.89. The van der Waals surface area contributed by atoms with Crippen LogP contribution in [0.1, 0.15) is 35.0 Å². The Morgan fingerprint density at radius 3 is 2.90 bits per heavy atom. The first-order chi connectivity index (χ1) is 9.63. The van der Waals surface area contributed by atoms with Crippen molar-refractivity contribution in [3.63, 3.8) is 0 Å². The first-order valence-electron chi connectivity index (χ1n) is 6.68. The van der Waals surface area contributed by atoms with Gasteiger partial charge in [-0.1, -0.05) is 28.0 Å². The molecule has 4 nitrogen and oxygen atoms in total. The summed E-state index contributed by atoms with van der Waals surface area (Å²) in [7, 11) is 0. The van der Waals surface area contributed by atoms with Gasteiger partial charge in [0.15, 0.2) is 0 Å². The van der Waals surface area contributed by atoms with Crippen LogP contribution in [0, 0.1) is 5.92 Å². The fraction of sp³-hybridized carbons (Fsp3) is 0.333. The molecular weight excluding hydrogens is 320 g/mol. The van der Waals surface area contributed by atoms with Gasteiger partial charge in [0, 0.05) is 15.6 Å². The molecule has 104 valence electrons. The number of benzene rings is 1. The molecule has 1 aliphatic rings. The van der Waals surface area contributed by atoms with E-state index in [1.807, 2.05) is 12.1 Å². The summed E-state index contributed by atoms with van der Waals surface area (Å²) in [5.41, 5.74) is 2.63. The topological polar surface area (TPSA) is 55.1 Å². The monoisotopic (exact) mass is 334 g/mol. The Kier molecular flexibility index (Phi) is 3.61. The maximum atomic E-state index is 12.2. The zero-order valence-electron chi connectivity index (χ0n) is 11.1. The molecule has 1 amide bonds. The van der Waals surface area contributed by atoms with Crippen LogP contribution in [0.5, 0.6) is 0 Å². The summed E-state index contributed by atoms with van der Waals surface area (Å²) >= 11 is 3.35. The first kappa shape index (κ1) is 13.4. The number of hydrogen-bond acceptors (Lipinski definition) is 3. The number of halogens is 1. The summed E-state index contributed by atoms with van der Waals surface area (Å²) in [5, 5.41) is 6.88. The molecule has 1 N–H and O–H groups in total. The summed E-state index contributed by atoms with van der Waals surface area (Å²) in [6.45, 7) is 2.20. The maximum absolute atomic E-state index is 12.2. The van der Waals surface area contributed by atoms with Gasteiger partial charge in [0.05, 0.1) is 5.69 Å². The van der Waals surface area contributed by atoms with Crippen LogP contribution in [-0.2, 0) is 12.8 Å². The Bertz CT molecular complexity index is 634. The average Bonchev–Trinajstić information content (AvgIpc) is 2.82. The molecule has 5 heteroatoms. The minimum Gasteiger partial charge on any atom is -0.338 e. The number of rotatable bonds is 2. The SMILES string of the molecule is C[C@@H]1CCc2noc(NC(=O)c3ccc(Br)cc3)c2C1. The lowest BCUT2D eigenvalue weighted by molar-refractivity contribution is 0.102. The van der Waals surface area contributed by atoms with Crippen LogP contribution in [0.4, 0.5) is 5.88 Å². The molecule has 0 bridgehead atoms. The molecule has 0 saturated heterocycles. The number of nitrogens with zero attached hydrogens (tertiary/aromatic N) is 1. The third-order valence-corrected chi connectivity index (χ3v) is 4.16. The number of amides is 1. The molecule has 2 aromatic rings. The number of fused-ring (bicyclic) bond motifs is 1. The lowest BCUT2D eigenvalue weighted by Crippen LogP contribution is -2.15. The van der Waals surface area contributed by atoms with E-state index in [2.05, 4.69) is 33.3 Å². The van der Waals surface area contributed by atoms with Crippen LogP contribution in [0.2, 0.25) is 0 Å². The molecule has 0 spiro atoms. The van der Waals surface area contributed by atoms with Gasteiger partial charge < -0.3 is 4.52 Å². The van der Waals surface area contributed by atoms with Crippen molar-refractivity contribution in [2.45, 2.75) is 26.2 Å². The van der Waals surface area contributed by atoms with E-state index in [0.29, 0.717) is 17.4 Å². The largest absolute Gasteiger partial charge is 0.338 e. The molecular formula is C15H15BrN2O2. The summed E-state index contributed by atoms with van der Waals surface area (Å²) in [5.74, 6) is 0.930. The van der Waals surface area contributed by atoms with E-state index in [9.17, 15) is 4.79 Å². The van der Waals surface area contributed by atoms with Crippen molar-refractivity contribution in [2.75, 3.05) is 5.32 Å². The highest BCUT2D eigenvalue weighted by Gasteiger charge is 2.24. The highest BCUT2D eigenvalue weighted by atomic mass is 79.9. The van der Waals surface area contributed by atoms with Crippen LogP contribution >= 0.6 is 15.9 Å². The zero-order valence-corrected chi connectivity index (χ0v) is 12.7. The molecule has 3 rings (SSSR count). The normalized spacial score (nSPS) is 17.6. The standard InChI is InChI=1S/C15H15BrN2O2/c1-9-2-7-13-12(8-9)15(20-18-13)17-14(19)10-3-5-11(16)6-4-10/h3-6,9H,2,7-8H2,1H3,(H,17,19)/t9-/m1/s1. The van der Waals surface area contributed by atoms with Gasteiger partial charge >= 0.3 is 0 Å². The minimum atomic E-state index is -0.172. The van der Waals surface area contributed by atoms with Gasteiger partial charge in [-0.3, -0.25) is 10.1 Å². The Hall–Kier alpha value is -1.62. The van der Waals surface area contributed by atoms with Crippen LogP contribution < -0.4 is 5.32 Å². The second-order valence-corrected chi connectivity index (χ2v) is 6.16. The van der Waals surface area contributed by atoms with Crippen LogP contribution in [0.25, 0.3) is 0 Å². The number of aryl methyl sites for hydroxylation is 1. The van der Waals surface area contributed by atoms with Gasteiger partial charge in [0.2, 0.25) is 5.88 Å². The molecule has 0 saturated carbocycles. The van der Waals surface area contributed by atoms with Gasteiger partial charge in [-0.05, 0) is 49.4 Å². The van der Waals surface area contributed by atoms with E-state index in [1.165, 1.54) is 0 Å². The molecule has 1 aromatic carbocycles. The molecule has 1 aliphatic carbocycles. The van der Waals surface area contributed by atoms with Gasteiger partial charge in [-0.25, -0.2) is 0 Å².